The third kappa shape index (κ3) is 4.45. The molecule has 1 unspecified atom stereocenters. The Bertz CT molecular complexity index is 1610. The molecule has 4 aromatic heterocycles. The predicted octanol–water partition coefficient (Wildman–Crippen LogP) is 5.47. The number of hydrogen-bond acceptors (Lipinski definition) is 7. The number of benzene rings is 1. The maximum atomic E-state index is 15.2. The van der Waals surface area contributed by atoms with Crippen molar-refractivity contribution in [2.24, 2.45) is 5.41 Å². The SMILES string of the molecule is CC(C)(C)C(O)Nc1cncc(-c2cc(F)c3[nH]nc(-c4nc5c(N6CCCCC6)ccnc5[nH]4)c3c2)c1. The number of halogens is 1. The van der Waals surface area contributed by atoms with Gasteiger partial charge in [0, 0.05) is 41.8 Å². The highest BCUT2D eigenvalue weighted by Crippen LogP contribution is 2.34. The van der Waals surface area contributed by atoms with Gasteiger partial charge in [0.05, 0.1) is 17.6 Å². The molecule has 9 nitrogen and oxygen atoms in total. The van der Waals surface area contributed by atoms with Gasteiger partial charge in [0.25, 0.3) is 0 Å². The zero-order chi connectivity index (χ0) is 26.4. The molecule has 0 bridgehead atoms. The van der Waals surface area contributed by atoms with Crippen molar-refractivity contribution in [2.75, 3.05) is 23.3 Å². The van der Waals surface area contributed by atoms with Crippen LogP contribution in [0.5, 0.6) is 0 Å². The van der Waals surface area contributed by atoms with E-state index in [1.807, 2.05) is 39.0 Å². The first-order chi connectivity index (χ1) is 18.3. The number of pyridine rings is 2. The lowest BCUT2D eigenvalue weighted by atomic mass is 9.94. The minimum Gasteiger partial charge on any atom is -0.373 e. The summed E-state index contributed by atoms with van der Waals surface area (Å²) in [4.78, 5) is 19.3. The topological polar surface area (TPSA) is 119 Å². The van der Waals surface area contributed by atoms with E-state index in [1.54, 1.807) is 18.6 Å². The molecule has 38 heavy (non-hydrogen) atoms. The zero-order valence-electron chi connectivity index (χ0n) is 21.7. The molecular formula is C28H31FN8O. The summed E-state index contributed by atoms with van der Waals surface area (Å²) in [5.74, 6) is 0.106. The van der Waals surface area contributed by atoms with Crippen molar-refractivity contribution in [2.45, 2.75) is 46.3 Å². The summed E-state index contributed by atoms with van der Waals surface area (Å²) >= 11 is 0. The lowest BCUT2D eigenvalue weighted by Crippen LogP contribution is -2.33. The molecule has 1 aromatic carbocycles. The molecule has 6 rings (SSSR count). The summed E-state index contributed by atoms with van der Waals surface area (Å²) in [6.45, 7) is 7.81. The first kappa shape index (κ1) is 24.3. The summed E-state index contributed by atoms with van der Waals surface area (Å²) < 4.78 is 15.2. The van der Waals surface area contributed by atoms with Crippen LogP contribution in [0.15, 0.2) is 42.9 Å². The van der Waals surface area contributed by atoms with Gasteiger partial charge in [-0.1, -0.05) is 20.8 Å². The van der Waals surface area contributed by atoms with Crippen LogP contribution in [0.25, 0.3) is 44.7 Å². The van der Waals surface area contributed by atoms with E-state index < -0.39 is 12.0 Å². The van der Waals surface area contributed by atoms with Gasteiger partial charge >= 0.3 is 0 Å². The average Bonchev–Trinajstić information content (AvgIpc) is 3.53. The van der Waals surface area contributed by atoms with E-state index in [1.165, 1.54) is 12.5 Å². The number of imidazole rings is 1. The van der Waals surface area contributed by atoms with Crippen LogP contribution in [0.1, 0.15) is 40.0 Å². The van der Waals surface area contributed by atoms with E-state index in [-0.39, 0.29) is 5.41 Å². The highest BCUT2D eigenvalue weighted by atomic mass is 19.1. The quantitative estimate of drug-likeness (QED) is 0.230. The van der Waals surface area contributed by atoms with Crippen molar-refractivity contribution in [3.8, 4) is 22.6 Å². The van der Waals surface area contributed by atoms with E-state index in [0.29, 0.717) is 44.9 Å². The normalized spacial score (nSPS) is 15.3. The van der Waals surface area contributed by atoms with Crippen LogP contribution in [0.3, 0.4) is 0 Å². The van der Waals surface area contributed by atoms with Crippen molar-refractivity contribution in [3.05, 3.63) is 48.7 Å². The molecule has 1 fully saturated rings. The van der Waals surface area contributed by atoms with Gasteiger partial charge in [0.1, 0.15) is 28.8 Å². The minimum absolute atomic E-state index is 0.304. The summed E-state index contributed by atoms with van der Waals surface area (Å²) in [6.07, 6.45) is 7.90. The summed E-state index contributed by atoms with van der Waals surface area (Å²) in [5.41, 5.74) is 4.98. The monoisotopic (exact) mass is 514 g/mol. The second-order valence-corrected chi connectivity index (χ2v) is 11.0. The van der Waals surface area contributed by atoms with Gasteiger partial charge in [0.15, 0.2) is 11.5 Å². The molecule has 5 heterocycles. The summed E-state index contributed by atoms with van der Waals surface area (Å²) in [5, 5.41) is 21.4. The second kappa shape index (κ2) is 9.36. The Kier molecular flexibility index (Phi) is 5.98. The molecule has 1 aliphatic heterocycles. The molecule has 0 saturated carbocycles. The minimum atomic E-state index is -0.768. The molecule has 1 saturated heterocycles. The number of nitrogens with zero attached hydrogens (tertiary/aromatic N) is 5. The van der Waals surface area contributed by atoms with E-state index in [0.717, 1.165) is 37.1 Å². The highest BCUT2D eigenvalue weighted by molar-refractivity contribution is 5.97. The van der Waals surface area contributed by atoms with Crippen molar-refractivity contribution < 1.29 is 9.50 Å². The third-order valence-electron chi connectivity index (χ3n) is 7.10. The fourth-order valence-electron chi connectivity index (χ4n) is 4.88. The van der Waals surface area contributed by atoms with Crippen LogP contribution in [-0.4, -0.2) is 54.6 Å². The van der Waals surface area contributed by atoms with Gasteiger partial charge in [-0.05, 0) is 49.1 Å². The number of anilines is 2. The largest absolute Gasteiger partial charge is 0.373 e. The number of aliphatic hydroxyl groups excluding tert-OH is 1. The zero-order valence-corrected chi connectivity index (χ0v) is 21.7. The van der Waals surface area contributed by atoms with Crippen molar-refractivity contribution in [1.82, 2.24) is 30.1 Å². The average molecular weight is 515 g/mol. The number of aromatic amines is 2. The lowest BCUT2D eigenvalue weighted by Gasteiger charge is -2.28. The number of piperidine rings is 1. The Morgan fingerprint density at radius 2 is 1.89 bits per heavy atom. The Morgan fingerprint density at radius 1 is 1.08 bits per heavy atom. The molecule has 0 radical (unpaired) electrons. The van der Waals surface area contributed by atoms with E-state index >= 15 is 4.39 Å². The number of rotatable bonds is 5. The van der Waals surface area contributed by atoms with Gasteiger partial charge in [0.2, 0.25) is 0 Å². The van der Waals surface area contributed by atoms with Crippen LogP contribution in [-0.2, 0) is 0 Å². The van der Waals surface area contributed by atoms with Crippen LogP contribution >= 0.6 is 0 Å². The summed E-state index contributed by atoms with van der Waals surface area (Å²) in [7, 11) is 0. The number of aromatic nitrogens is 6. The van der Waals surface area contributed by atoms with Crippen LogP contribution in [0.2, 0.25) is 0 Å². The molecule has 1 atom stereocenters. The lowest BCUT2D eigenvalue weighted by molar-refractivity contribution is 0.0880. The van der Waals surface area contributed by atoms with Crippen molar-refractivity contribution >= 4 is 33.4 Å². The molecule has 196 valence electrons. The van der Waals surface area contributed by atoms with Crippen LogP contribution in [0, 0.1) is 11.2 Å². The Hall–Kier alpha value is -4.05. The first-order valence-electron chi connectivity index (χ1n) is 13.0. The fraction of sp³-hybridized carbons (Fsp3) is 0.357. The molecule has 10 heteroatoms. The number of fused-ring (bicyclic) bond motifs is 2. The Balaban J connectivity index is 1.40. The highest BCUT2D eigenvalue weighted by Gasteiger charge is 2.23. The third-order valence-corrected chi connectivity index (χ3v) is 7.10. The second-order valence-electron chi connectivity index (χ2n) is 11.0. The van der Waals surface area contributed by atoms with Crippen LogP contribution in [0.4, 0.5) is 15.8 Å². The van der Waals surface area contributed by atoms with Gasteiger partial charge in [-0.3, -0.25) is 10.1 Å². The molecular weight excluding hydrogens is 483 g/mol. The number of H-pyrrole nitrogens is 2. The van der Waals surface area contributed by atoms with Gasteiger partial charge in [-0.15, -0.1) is 0 Å². The molecule has 0 aliphatic carbocycles. The van der Waals surface area contributed by atoms with Gasteiger partial charge in [-0.25, -0.2) is 14.4 Å². The van der Waals surface area contributed by atoms with E-state index in [2.05, 4.69) is 35.4 Å². The number of hydrogen-bond donors (Lipinski definition) is 4. The standard InChI is InChI=1S/C28H31FN8O/c1-28(2,3)27(38)32-18-11-17(14-30-15-18)16-12-19-22(20(29)13-16)35-36-23(19)26-33-24-21(7-8-31-25(24)34-26)37-9-5-4-6-10-37/h7-8,11-15,27,32,38H,4-6,9-10H2,1-3H3,(H,35,36)(H,31,33,34). The molecule has 4 N–H and O–H groups in total. The fourth-order valence-corrected chi connectivity index (χ4v) is 4.88. The van der Waals surface area contributed by atoms with Crippen LogP contribution < -0.4 is 10.2 Å². The molecule has 1 aliphatic rings. The van der Waals surface area contributed by atoms with E-state index in [9.17, 15) is 5.11 Å². The van der Waals surface area contributed by atoms with Crippen molar-refractivity contribution in [1.29, 1.82) is 0 Å². The molecule has 5 aromatic rings. The maximum Gasteiger partial charge on any atom is 0.161 e. The maximum absolute atomic E-state index is 15.2. The first-order valence-corrected chi connectivity index (χ1v) is 13.0. The van der Waals surface area contributed by atoms with Gasteiger partial charge in [-0.2, -0.15) is 5.10 Å². The van der Waals surface area contributed by atoms with Gasteiger partial charge < -0.3 is 20.3 Å². The number of nitrogens with one attached hydrogen (secondary N) is 3. The predicted molar refractivity (Wildman–Crippen MR) is 147 cm³/mol. The Labute approximate surface area is 219 Å². The molecule has 0 spiro atoms. The van der Waals surface area contributed by atoms with Crippen molar-refractivity contribution in [3.63, 3.8) is 0 Å². The Morgan fingerprint density at radius 3 is 2.68 bits per heavy atom. The number of aliphatic hydroxyl groups is 1. The smallest absolute Gasteiger partial charge is 0.161 e. The summed E-state index contributed by atoms with van der Waals surface area (Å²) in [6, 6.07) is 7.19. The van der Waals surface area contributed by atoms with E-state index in [4.69, 9.17) is 4.98 Å². The molecule has 0 amide bonds.